The van der Waals surface area contributed by atoms with Crippen molar-refractivity contribution in [1.29, 1.82) is 0 Å². The lowest BCUT2D eigenvalue weighted by atomic mass is 10.1. The first-order valence-electron chi connectivity index (χ1n) is 8.33. The predicted octanol–water partition coefficient (Wildman–Crippen LogP) is 4.11. The fraction of sp³-hybridized carbons (Fsp3) is 0.0909. The molecule has 0 unspecified atom stereocenters. The molecule has 0 fully saturated rings. The molecule has 3 rings (SSSR count). The first-order valence-corrected chi connectivity index (χ1v) is 9.21. The van der Waals surface area contributed by atoms with Gasteiger partial charge in [0, 0.05) is 23.9 Å². The maximum atomic E-state index is 12.8. The number of terminal acetylenes is 1. The van der Waals surface area contributed by atoms with Crippen LogP contribution in [0.3, 0.4) is 0 Å². The van der Waals surface area contributed by atoms with E-state index in [1.807, 2.05) is 41.8 Å². The van der Waals surface area contributed by atoms with Crippen LogP contribution in [-0.2, 0) is 4.79 Å². The van der Waals surface area contributed by atoms with E-state index < -0.39 is 0 Å². The fourth-order valence-electron chi connectivity index (χ4n) is 2.67. The van der Waals surface area contributed by atoms with Gasteiger partial charge in [-0.25, -0.2) is 0 Å². The lowest BCUT2D eigenvalue weighted by Crippen LogP contribution is -2.34. The summed E-state index contributed by atoms with van der Waals surface area (Å²) < 4.78 is 0. The summed E-state index contributed by atoms with van der Waals surface area (Å²) in [7, 11) is 1.62. The van der Waals surface area contributed by atoms with Crippen LogP contribution in [0.4, 0.5) is 5.69 Å². The molecule has 0 radical (unpaired) electrons. The average Bonchev–Trinajstić information content (AvgIpc) is 3.17. The van der Waals surface area contributed by atoms with Gasteiger partial charge in [0.25, 0.3) is 5.91 Å². The summed E-state index contributed by atoms with van der Waals surface area (Å²) in [4.78, 5) is 27.1. The smallest absolute Gasteiger partial charge is 0.264 e. The third-order valence-corrected chi connectivity index (χ3v) is 4.89. The van der Waals surface area contributed by atoms with E-state index in [-0.39, 0.29) is 18.4 Å². The molecule has 0 spiro atoms. The molecular weight excluding hydrogens is 356 g/mol. The lowest BCUT2D eigenvalue weighted by molar-refractivity contribution is -0.116. The van der Waals surface area contributed by atoms with E-state index in [0.29, 0.717) is 16.1 Å². The normalized spacial score (nSPS) is 10.1. The number of nitrogens with one attached hydrogen (secondary N) is 1. The molecule has 0 bridgehead atoms. The first kappa shape index (κ1) is 18.4. The number of anilines is 1. The third-order valence-electron chi connectivity index (χ3n) is 3.98. The van der Waals surface area contributed by atoms with Crippen LogP contribution in [0.2, 0.25) is 0 Å². The quantitative estimate of drug-likeness (QED) is 0.684. The molecule has 0 saturated carbocycles. The SMILES string of the molecule is C#Cc1cccc(NC(=O)CN(C)C(=O)c2sccc2-c2ccccc2)c1. The first-order chi connectivity index (χ1) is 13.1. The zero-order chi connectivity index (χ0) is 19.2. The molecule has 0 atom stereocenters. The minimum absolute atomic E-state index is 0.0504. The van der Waals surface area contributed by atoms with E-state index in [4.69, 9.17) is 6.42 Å². The maximum absolute atomic E-state index is 12.8. The van der Waals surface area contributed by atoms with Gasteiger partial charge >= 0.3 is 0 Å². The molecule has 2 amide bonds. The van der Waals surface area contributed by atoms with Crippen molar-refractivity contribution < 1.29 is 9.59 Å². The van der Waals surface area contributed by atoms with Crippen molar-refractivity contribution in [2.24, 2.45) is 0 Å². The van der Waals surface area contributed by atoms with Crippen molar-refractivity contribution in [3.8, 4) is 23.5 Å². The third kappa shape index (κ3) is 4.43. The van der Waals surface area contributed by atoms with Crippen LogP contribution in [0.1, 0.15) is 15.2 Å². The number of hydrogen-bond donors (Lipinski definition) is 1. The Morgan fingerprint density at radius 2 is 1.89 bits per heavy atom. The topological polar surface area (TPSA) is 49.4 Å². The molecule has 0 aliphatic carbocycles. The summed E-state index contributed by atoms with van der Waals surface area (Å²) in [5.41, 5.74) is 3.14. The van der Waals surface area contributed by atoms with Crippen LogP contribution >= 0.6 is 11.3 Å². The largest absolute Gasteiger partial charge is 0.332 e. The Balaban J connectivity index is 1.69. The van der Waals surface area contributed by atoms with E-state index >= 15 is 0 Å². The molecule has 2 aromatic carbocycles. The van der Waals surface area contributed by atoms with Crippen molar-refractivity contribution in [2.45, 2.75) is 0 Å². The van der Waals surface area contributed by atoms with Gasteiger partial charge in [0.1, 0.15) is 0 Å². The van der Waals surface area contributed by atoms with Gasteiger partial charge < -0.3 is 10.2 Å². The number of hydrogen-bond acceptors (Lipinski definition) is 3. The Kier molecular flexibility index (Phi) is 5.70. The molecule has 1 N–H and O–H groups in total. The molecular formula is C22H18N2O2S. The van der Waals surface area contributed by atoms with Gasteiger partial charge in [-0.3, -0.25) is 9.59 Å². The van der Waals surface area contributed by atoms with Crippen molar-refractivity contribution >= 4 is 28.8 Å². The summed E-state index contributed by atoms with van der Waals surface area (Å²) in [6.07, 6.45) is 5.37. The molecule has 0 saturated heterocycles. The van der Waals surface area contributed by atoms with E-state index in [9.17, 15) is 9.59 Å². The summed E-state index contributed by atoms with van der Waals surface area (Å²) in [6, 6.07) is 18.7. The van der Waals surface area contributed by atoms with Crippen molar-refractivity contribution in [1.82, 2.24) is 4.90 Å². The van der Waals surface area contributed by atoms with E-state index in [1.54, 1.807) is 31.3 Å². The van der Waals surface area contributed by atoms with Gasteiger partial charge in [-0.1, -0.05) is 42.3 Å². The van der Waals surface area contributed by atoms with Gasteiger partial charge in [0.15, 0.2) is 0 Å². The number of benzene rings is 2. The van der Waals surface area contributed by atoms with Crippen molar-refractivity contribution in [3.63, 3.8) is 0 Å². The fourth-order valence-corrected chi connectivity index (χ4v) is 3.58. The Morgan fingerprint density at radius 3 is 2.63 bits per heavy atom. The number of amides is 2. The summed E-state index contributed by atoms with van der Waals surface area (Å²) >= 11 is 1.37. The monoisotopic (exact) mass is 374 g/mol. The van der Waals surface area contributed by atoms with Gasteiger partial charge in [0.2, 0.25) is 5.91 Å². The van der Waals surface area contributed by atoms with Crippen molar-refractivity contribution in [2.75, 3.05) is 18.9 Å². The van der Waals surface area contributed by atoms with Crippen LogP contribution in [0.15, 0.2) is 66.0 Å². The summed E-state index contributed by atoms with van der Waals surface area (Å²) in [6.45, 7) is -0.0504. The Bertz CT molecular complexity index is 1000. The highest BCUT2D eigenvalue weighted by Crippen LogP contribution is 2.29. The Hall–Kier alpha value is -3.36. The molecule has 1 heterocycles. The number of likely N-dealkylation sites (N-methyl/N-ethyl adjacent to an activating group) is 1. The highest BCUT2D eigenvalue weighted by Gasteiger charge is 2.20. The second-order valence-electron chi connectivity index (χ2n) is 5.96. The highest BCUT2D eigenvalue weighted by molar-refractivity contribution is 7.12. The van der Waals surface area contributed by atoms with E-state index in [0.717, 1.165) is 11.1 Å². The second-order valence-corrected chi connectivity index (χ2v) is 6.88. The van der Waals surface area contributed by atoms with Crippen LogP contribution in [0, 0.1) is 12.3 Å². The number of carbonyl (C=O) groups is 2. The Morgan fingerprint density at radius 1 is 1.11 bits per heavy atom. The molecule has 0 aliphatic heterocycles. The zero-order valence-corrected chi connectivity index (χ0v) is 15.6. The van der Waals surface area contributed by atoms with Gasteiger partial charge in [-0.2, -0.15) is 0 Å². The van der Waals surface area contributed by atoms with E-state index in [2.05, 4.69) is 11.2 Å². The van der Waals surface area contributed by atoms with Crippen LogP contribution in [-0.4, -0.2) is 30.3 Å². The van der Waals surface area contributed by atoms with Crippen LogP contribution in [0.5, 0.6) is 0 Å². The van der Waals surface area contributed by atoms with Gasteiger partial charge in [0.05, 0.1) is 11.4 Å². The number of carbonyl (C=O) groups excluding carboxylic acids is 2. The maximum Gasteiger partial charge on any atom is 0.264 e. The summed E-state index contributed by atoms with van der Waals surface area (Å²) in [5, 5.41) is 4.65. The van der Waals surface area contributed by atoms with Crippen LogP contribution in [0.25, 0.3) is 11.1 Å². The highest BCUT2D eigenvalue weighted by atomic mass is 32.1. The van der Waals surface area contributed by atoms with Crippen molar-refractivity contribution in [3.05, 3.63) is 76.5 Å². The summed E-state index contributed by atoms with van der Waals surface area (Å²) in [5.74, 6) is 2.06. The number of rotatable bonds is 5. The number of nitrogens with zero attached hydrogens (tertiary/aromatic N) is 1. The predicted molar refractivity (Wildman–Crippen MR) is 110 cm³/mol. The molecule has 0 aliphatic rings. The lowest BCUT2D eigenvalue weighted by Gasteiger charge is -2.17. The average molecular weight is 374 g/mol. The molecule has 134 valence electrons. The minimum Gasteiger partial charge on any atom is -0.332 e. The second kappa shape index (κ2) is 8.35. The Labute approximate surface area is 162 Å². The molecule has 1 aromatic heterocycles. The zero-order valence-electron chi connectivity index (χ0n) is 14.8. The van der Waals surface area contributed by atoms with Gasteiger partial charge in [-0.15, -0.1) is 17.8 Å². The number of thiophene rings is 1. The molecule has 5 heteroatoms. The standard InChI is InChI=1S/C22H18N2O2S/c1-3-16-8-7-11-18(14-16)23-20(25)15-24(2)22(26)21-19(12-13-27-21)17-9-5-4-6-10-17/h1,4-14H,15H2,2H3,(H,23,25). The molecule has 4 nitrogen and oxygen atoms in total. The van der Waals surface area contributed by atoms with Gasteiger partial charge in [-0.05, 0) is 35.2 Å². The van der Waals surface area contributed by atoms with Crippen LogP contribution < -0.4 is 5.32 Å². The molecule has 3 aromatic rings. The molecule has 27 heavy (non-hydrogen) atoms. The van der Waals surface area contributed by atoms with E-state index in [1.165, 1.54) is 16.2 Å². The minimum atomic E-state index is -0.280.